The van der Waals surface area contributed by atoms with E-state index in [0.717, 1.165) is 25.7 Å². The number of nitrogens with one attached hydrogen (secondary N) is 2. The molecule has 23 heavy (non-hydrogen) atoms. The van der Waals surface area contributed by atoms with Crippen molar-refractivity contribution in [2.45, 2.75) is 51.6 Å². The van der Waals surface area contributed by atoms with E-state index in [1.807, 2.05) is 6.07 Å². The van der Waals surface area contributed by atoms with E-state index in [1.54, 1.807) is 25.3 Å². The molecule has 0 aliphatic heterocycles. The van der Waals surface area contributed by atoms with Gasteiger partial charge in [-0.25, -0.2) is 13.1 Å². The number of sulfonamides is 1. The smallest absolute Gasteiger partial charge is 0.237 e. The summed E-state index contributed by atoms with van der Waals surface area (Å²) in [6.45, 7) is 3.96. The van der Waals surface area contributed by atoms with Crippen LogP contribution in [0.15, 0.2) is 24.4 Å². The fourth-order valence-electron chi connectivity index (χ4n) is 2.84. The van der Waals surface area contributed by atoms with Crippen molar-refractivity contribution in [3.05, 3.63) is 30.1 Å². The maximum Gasteiger partial charge on any atom is 0.237 e. The topological polar surface area (TPSA) is 88.2 Å². The van der Waals surface area contributed by atoms with Crippen molar-refractivity contribution in [3.8, 4) is 0 Å². The van der Waals surface area contributed by atoms with Crippen LogP contribution in [0.25, 0.3) is 0 Å². The highest BCUT2D eigenvalue weighted by Crippen LogP contribution is 2.23. The number of aromatic nitrogens is 1. The lowest BCUT2D eigenvalue weighted by Crippen LogP contribution is -2.42. The highest BCUT2D eigenvalue weighted by atomic mass is 32.2. The molecule has 0 radical (unpaired) electrons. The van der Waals surface area contributed by atoms with Crippen molar-refractivity contribution in [1.29, 1.82) is 0 Å². The summed E-state index contributed by atoms with van der Waals surface area (Å²) in [7, 11) is -3.61. The highest BCUT2D eigenvalue weighted by Gasteiger charge is 2.25. The first-order chi connectivity index (χ1) is 10.9. The van der Waals surface area contributed by atoms with Crippen LogP contribution in [0, 0.1) is 5.92 Å². The van der Waals surface area contributed by atoms with Crippen LogP contribution in [0.2, 0.25) is 0 Å². The van der Waals surface area contributed by atoms with Gasteiger partial charge in [0, 0.05) is 12.2 Å². The van der Waals surface area contributed by atoms with Gasteiger partial charge in [0.15, 0.2) is 0 Å². The van der Waals surface area contributed by atoms with E-state index in [2.05, 4.69) is 21.9 Å². The van der Waals surface area contributed by atoms with Gasteiger partial charge in [-0.2, -0.15) is 0 Å². The number of rotatable bonds is 6. The van der Waals surface area contributed by atoms with Gasteiger partial charge in [-0.15, -0.1) is 0 Å². The third-order valence-electron chi connectivity index (χ3n) is 4.19. The number of hydrogen-bond donors (Lipinski definition) is 2. The van der Waals surface area contributed by atoms with Crippen LogP contribution >= 0.6 is 0 Å². The van der Waals surface area contributed by atoms with E-state index in [1.165, 1.54) is 0 Å². The number of nitrogens with zero attached hydrogens (tertiary/aromatic N) is 1. The Morgan fingerprint density at radius 2 is 2.00 bits per heavy atom. The molecule has 6 nitrogen and oxygen atoms in total. The Labute approximate surface area is 138 Å². The van der Waals surface area contributed by atoms with Gasteiger partial charge in [-0.05, 0) is 50.7 Å². The van der Waals surface area contributed by atoms with E-state index in [4.69, 9.17) is 0 Å². The van der Waals surface area contributed by atoms with Gasteiger partial charge >= 0.3 is 0 Å². The Balaban J connectivity index is 1.83. The summed E-state index contributed by atoms with van der Waals surface area (Å²) in [4.78, 5) is 16.1. The number of pyridine rings is 1. The lowest BCUT2D eigenvalue weighted by molar-refractivity contribution is -0.119. The molecule has 2 rings (SSSR count). The molecular formula is C16H25N3O3S. The Kier molecular flexibility index (Phi) is 6.12. The van der Waals surface area contributed by atoms with Gasteiger partial charge in [0.1, 0.15) is 5.75 Å². The summed E-state index contributed by atoms with van der Waals surface area (Å²) in [6.07, 6.45) is 5.37. The molecule has 1 fully saturated rings. The molecule has 0 bridgehead atoms. The maximum atomic E-state index is 12.1. The fourth-order valence-corrected chi connectivity index (χ4v) is 4.09. The predicted octanol–water partition coefficient (Wildman–Crippen LogP) is 1.76. The van der Waals surface area contributed by atoms with Crippen LogP contribution in [0.1, 0.15) is 51.3 Å². The van der Waals surface area contributed by atoms with Crippen LogP contribution in [-0.2, 0) is 14.8 Å². The molecule has 1 unspecified atom stereocenters. The SMILES string of the molecule is CC1CCC(NS(=O)(=O)CC(=O)NC(C)c2ccccn2)CC1. The molecule has 2 N–H and O–H groups in total. The second-order valence-corrected chi connectivity index (χ2v) is 8.13. The van der Waals surface area contributed by atoms with Crippen LogP contribution in [-0.4, -0.2) is 31.1 Å². The number of hydrogen-bond acceptors (Lipinski definition) is 4. The Hall–Kier alpha value is -1.47. The summed E-state index contributed by atoms with van der Waals surface area (Å²) >= 11 is 0. The predicted molar refractivity (Wildman–Crippen MR) is 89.1 cm³/mol. The standard InChI is InChI=1S/C16H25N3O3S/c1-12-6-8-14(9-7-12)19-23(21,22)11-16(20)18-13(2)15-5-3-4-10-17-15/h3-5,10,12-14,19H,6-9,11H2,1-2H3,(H,18,20). The molecule has 0 aromatic carbocycles. The number of carbonyl (C=O) groups excluding carboxylic acids is 1. The Morgan fingerprint density at radius 1 is 1.30 bits per heavy atom. The van der Waals surface area contributed by atoms with Gasteiger partial charge in [0.05, 0.1) is 11.7 Å². The third kappa shape index (κ3) is 5.91. The molecular weight excluding hydrogens is 314 g/mol. The lowest BCUT2D eigenvalue weighted by Gasteiger charge is -2.26. The van der Waals surface area contributed by atoms with E-state index >= 15 is 0 Å². The van der Waals surface area contributed by atoms with E-state index in [0.29, 0.717) is 11.6 Å². The average molecular weight is 339 g/mol. The first-order valence-corrected chi connectivity index (χ1v) is 9.71. The zero-order valence-corrected chi connectivity index (χ0v) is 14.5. The molecule has 1 aliphatic rings. The van der Waals surface area contributed by atoms with Crippen molar-refractivity contribution >= 4 is 15.9 Å². The molecule has 0 saturated heterocycles. The monoisotopic (exact) mass is 339 g/mol. The van der Waals surface area contributed by atoms with Crippen molar-refractivity contribution in [2.75, 3.05) is 5.75 Å². The normalized spacial score (nSPS) is 23.2. The van der Waals surface area contributed by atoms with Crippen LogP contribution in [0.3, 0.4) is 0 Å². The first-order valence-electron chi connectivity index (χ1n) is 8.06. The lowest BCUT2D eigenvalue weighted by atomic mass is 9.88. The van der Waals surface area contributed by atoms with Gasteiger partial charge in [-0.1, -0.05) is 13.0 Å². The van der Waals surface area contributed by atoms with Gasteiger partial charge in [-0.3, -0.25) is 9.78 Å². The Bertz CT molecular complexity index is 611. The third-order valence-corrected chi connectivity index (χ3v) is 5.53. The Morgan fingerprint density at radius 3 is 2.61 bits per heavy atom. The number of amides is 1. The molecule has 7 heteroatoms. The highest BCUT2D eigenvalue weighted by molar-refractivity contribution is 7.90. The van der Waals surface area contributed by atoms with Crippen molar-refractivity contribution < 1.29 is 13.2 Å². The first kappa shape index (κ1) is 17.9. The minimum atomic E-state index is -3.61. The quantitative estimate of drug-likeness (QED) is 0.826. The van der Waals surface area contributed by atoms with Crippen molar-refractivity contribution in [1.82, 2.24) is 15.0 Å². The maximum absolute atomic E-state index is 12.1. The number of carbonyl (C=O) groups is 1. The van der Waals surface area contributed by atoms with E-state index < -0.39 is 21.7 Å². The average Bonchev–Trinajstić information content (AvgIpc) is 2.49. The second kappa shape index (κ2) is 7.88. The fraction of sp³-hybridized carbons (Fsp3) is 0.625. The summed E-state index contributed by atoms with van der Waals surface area (Å²) in [6, 6.07) is 5.04. The van der Waals surface area contributed by atoms with E-state index in [-0.39, 0.29) is 12.1 Å². The summed E-state index contributed by atoms with van der Waals surface area (Å²) in [5.74, 6) is -0.408. The molecule has 1 aromatic heterocycles. The zero-order chi connectivity index (χ0) is 16.9. The molecule has 1 aliphatic carbocycles. The van der Waals surface area contributed by atoms with Gasteiger partial charge < -0.3 is 5.32 Å². The molecule has 128 valence electrons. The molecule has 0 spiro atoms. The molecule has 1 aromatic rings. The summed E-state index contributed by atoms with van der Waals surface area (Å²) < 4.78 is 26.9. The molecule has 1 saturated carbocycles. The van der Waals surface area contributed by atoms with E-state index in [9.17, 15) is 13.2 Å². The largest absolute Gasteiger partial charge is 0.347 e. The van der Waals surface area contributed by atoms with Crippen molar-refractivity contribution in [2.24, 2.45) is 5.92 Å². The van der Waals surface area contributed by atoms with Crippen molar-refractivity contribution in [3.63, 3.8) is 0 Å². The van der Waals surface area contributed by atoms with Gasteiger partial charge in [0.25, 0.3) is 0 Å². The van der Waals surface area contributed by atoms with Crippen LogP contribution in [0.5, 0.6) is 0 Å². The summed E-state index contributed by atoms with van der Waals surface area (Å²) in [5.41, 5.74) is 0.701. The van der Waals surface area contributed by atoms with Crippen LogP contribution in [0.4, 0.5) is 0 Å². The summed E-state index contributed by atoms with van der Waals surface area (Å²) in [5, 5.41) is 2.68. The molecule has 1 amide bonds. The van der Waals surface area contributed by atoms with Crippen LogP contribution < -0.4 is 10.0 Å². The zero-order valence-electron chi connectivity index (χ0n) is 13.7. The molecule has 1 atom stereocenters. The minimum absolute atomic E-state index is 0.0442. The minimum Gasteiger partial charge on any atom is -0.347 e. The molecule has 1 heterocycles. The van der Waals surface area contributed by atoms with Gasteiger partial charge in [0.2, 0.25) is 15.9 Å². The second-order valence-electron chi connectivity index (χ2n) is 6.38.